The van der Waals surface area contributed by atoms with Crippen LogP contribution in [0.5, 0.6) is 0 Å². The van der Waals surface area contributed by atoms with Crippen LogP contribution in [-0.2, 0) is 14.8 Å². The maximum atomic E-state index is 12.7. The number of carbonyl (C=O) groups is 1. The van der Waals surface area contributed by atoms with Crippen LogP contribution in [0.1, 0.15) is 37.4 Å². The zero-order valence-electron chi connectivity index (χ0n) is 16.3. The molecule has 0 saturated carbocycles. The topological polar surface area (TPSA) is 66.5 Å². The van der Waals surface area contributed by atoms with Crippen LogP contribution in [0, 0.1) is 12.8 Å². The highest BCUT2D eigenvalue weighted by molar-refractivity contribution is 7.92. The Labute approximate surface area is 162 Å². The monoisotopic (exact) mass is 388 g/mol. The van der Waals surface area contributed by atoms with Crippen molar-refractivity contribution >= 4 is 21.6 Å². The minimum absolute atomic E-state index is 0.156. The largest absolute Gasteiger partial charge is 0.348 e. The van der Waals surface area contributed by atoms with Crippen LogP contribution in [0.4, 0.5) is 5.69 Å². The second-order valence-electron chi connectivity index (χ2n) is 7.22. The number of nitrogens with zero attached hydrogens (tertiary/aromatic N) is 1. The lowest BCUT2D eigenvalue weighted by Gasteiger charge is -2.26. The smallest absolute Gasteiger partial charge is 0.241 e. The first kappa shape index (κ1) is 21.0. The second kappa shape index (κ2) is 9.04. The third-order valence-corrected chi connectivity index (χ3v) is 5.44. The number of carbonyl (C=O) groups excluding carboxylic acids is 1. The van der Waals surface area contributed by atoms with Crippen molar-refractivity contribution in [3.05, 3.63) is 65.7 Å². The third-order valence-electron chi connectivity index (χ3n) is 4.32. The average molecular weight is 389 g/mol. The van der Waals surface area contributed by atoms with Gasteiger partial charge in [0.1, 0.15) is 6.54 Å². The van der Waals surface area contributed by atoms with Gasteiger partial charge in [0.15, 0.2) is 0 Å². The Morgan fingerprint density at radius 2 is 1.63 bits per heavy atom. The number of nitrogens with one attached hydrogen (secondary N) is 1. The first-order chi connectivity index (χ1) is 12.7. The molecule has 0 aliphatic carbocycles. The van der Waals surface area contributed by atoms with Gasteiger partial charge in [-0.25, -0.2) is 8.42 Å². The molecule has 146 valence electrons. The van der Waals surface area contributed by atoms with Crippen LogP contribution in [0.15, 0.2) is 54.6 Å². The quantitative estimate of drug-likeness (QED) is 0.750. The van der Waals surface area contributed by atoms with E-state index in [0.717, 1.165) is 28.1 Å². The van der Waals surface area contributed by atoms with Crippen LogP contribution in [0.3, 0.4) is 0 Å². The molecule has 0 radical (unpaired) electrons. The van der Waals surface area contributed by atoms with E-state index in [4.69, 9.17) is 0 Å². The van der Waals surface area contributed by atoms with Crippen LogP contribution < -0.4 is 9.62 Å². The van der Waals surface area contributed by atoms with Gasteiger partial charge in [-0.15, -0.1) is 0 Å². The van der Waals surface area contributed by atoms with Crippen LogP contribution in [-0.4, -0.2) is 27.1 Å². The van der Waals surface area contributed by atoms with Gasteiger partial charge >= 0.3 is 0 Å². The van der Waals surface area contributed by atoms with Crippen molar-refractivity contribution in [3.8, 4) is 0 Å². The lowest BCUT2D eigenvalue weighted by molar-refractivity contribution is -0.120. The van der Waals surface area contributed by atoms with E-state index >= 15 is 0 Å². The number of hydrogen-bond acceptors (Lipinski definition) is 3. The van der Waals surface area contributed by atoms with E-state index in [1.165, 1.54) is 0 Å². The molecule has 1 amide bonds. The maximum absolute atomic E-state index is 12.7. The fourth-order valence-corrected chi connectivity index (χ4v) is 3.94. The van der Waals surface area contributed by atoms with E-state index in [9.17, 15) is 13.2 Å². The zero-order valence-corrected chi connectivity index (χ0v) is 17.2. The average Bonchev–Trinajstić information content (AvgIpc) is 2.59. The number of sulfonamides is 1. The van der Waals surface area contributed by atoms with Gasteiger partial charge in [0.2, 0.25) is 15.9 Å². The van der Waals surface area contributed by atoms with E-state index in [1.54, 1.807) is 12.1 Å². The minimum Gasteiger partial charge on any atom is -0.348 e. The molecule has 0 bridgehead atoms. The van der Waals surface area contributed by atoms with E-state index in [1.807, 2.05) is 49.4 Å². The molecule has 5 nitrogen and oxygen atoms in total. The summed E-state index contributed by atoms with van der Waals surface area (Å²) in [7, 11) is -3.59. The Balaban J connectivity index is 2.22. The number of hydrogen-bond donors (Lipinski definition) is 1. The number of aryl methyl sites for hydroxylation is 1. The number of anilines is 1. The van der Waals surface area contributed by atoms with Crippen molar-refractivity contribution in [1.29, 1.82) is 0 Å². The molecule has 0 aromatic heterocycles. The molecule has 1 N–H and O–H groups in total. The number of para-hydroxylation sites is 1. The molecular formula is C21H28N2O3S. The molecule has 6 heteroatoms. The standard InChI is InChI=1S/C21H28N2O3S/c1-16(2)14-19(18-11-6-5-7-12-18)22-21(24)15-23(27(4,25)26)20-13-9-8-10-17(20)3/h5-13,16,19H,14-15H2,1-4H3,(H,22,24). The summed E-state index contributed by atoms with van der Waals surface area (Å²) in [5, 5.41) is 3.01. The van der Waals surface area contributed by atoms with Gasteiger partial charge in [0, 0.05) is 0 Å². The normalized spacial score (nSPS) is 12.6. The van der Waals surface area contributed by atoms with E-state index in [2.05, 4.69) is 19.2 Å². The summed E-state index contributed by atoms with van der Waals surface area (Å²) in [6.45, 7) is 5.78. The molecule has 1 atom stereocenters. The van der Waals surface area contributed by atoms with Crippen molar-refractivity contribution in [2.75, 3.05) is 17.1 Å². The summed E-state index contributed by atoms with van der Waals surface area (Å²) in [5.41, 5.74) is 2.34. The molecule has 2 aromatic carbocycles. The second-order valence-corrected chi connectivity index (χ2v) is 9.12. The first-order valence-electron chi connectivity index (χ1n) is 9.06. The molecule has 27 heavy (non-hydrogen) atoms. The van der Waals surface area contributed by atoms with E-state index < -0.39 is 10.0 Å². The Morgan fingerprint density at radius 1 is 1.04 bits per heavy atom. The molecule has 0 spiro atoms. The summed E-state index contributed by atoms with van der Waals surface area (Å²) in [6.07, 6.45) is 1.90. The highest BCUT2D eigenvalue weighted by Gasteiger charge is 2.24. The number of amides is 1. The maximum Gasteiger partial charge on any atom is 0.241 e. The summed E-state index contributed by atoms with van der Waals surface area (Å²) >= 11 is 0. The summed E-state index contributed by atoms with van der Waals surface area (Å²) in [5.74, 6) is 0.0658. The molecular weight excluding hydrogens is 360 g/mol. The lowest BCUT2D eigenvalue weighted by Crippen LogP contribution is -2.42. The van der Waals surface area contributed by atoms with Crippen LogP contribution >= 0.6 is 0 Å². The van der Waals surface area contributed by atoms with Crippen molar-refractivity contribution in [1.82, 2.24) is 5.32 Å². The van der Waals surface area contributed by atoms with Crippen molar-refractivity contribution < 1.29 is 13.2 Å². The van der Waals surface area contributed by atoms with Crippen LogP contribution in [0.2, 0.25) is 0 Å². The SMILES string of the molecule is Cc1ccccc1N(CC(=O)NC(CC(C)C)c1ccccc1)S(C)(=O)=O. The summed E-state index contributed by atoms with van der Waals surface area (Å²) < 4.78 is 25.8. The summed E-state index contributed by atoms with van der Waals surface area (Å²) in [6, 6.07) is 16.8. The van der Waals surface area contributed by atoms with E-state index in [-0.39, 0.29) is 18.5 Å². The lowest BCUT2D eigenvalue weighted by atomic mass is 9.97. The molecule has 0 aliphatic rings. The van der Waals surface area contributed by atoms with Gasteiger partial charge in [-0.2, -0.15) is 0 Å². The van der Waals surface area contributed by atoms with Gasteiger partial charge in [0.25, 0.3) is 0 Å². The van der Waals surface area contributed by atoms with Crippen LogP contribution in [0.25, 0.3) is 0 Å². The fraction of sp³-hybridized carbons (Fsp3) is 0.381. The molecule has 0 heterocycles. The summed E-state index contributed by atoms with van der Waals surface area (Å²) in [4.78, 5) is 12.7. The molecule has 2 rings (SSSR count). The van der Waals surface area contributed by atoms with Gasteiger partial charge in [0.05, 0.1) is 18.0 Å². The highest BCUT2D eigenvalue weighted by Crippen LogP contribution is 2.23. The molecule has 0 fully saturated rings. The number of rotatable bonds is 8. The molecule has 0 saturated heterocycles. The van der Waals surface area contributed by atoms with E-state index in [0.29, 0.717) is 11.6 Å². The fourth-order valence-electron chi connectivity index (χ4n) is 3.03. The highest BCUT2D eigenvalue weighted by atomic mass is 32.2. The Kier molecular flexibility index (Phi) is 7.02. The van der Waals surface area contributed by atoms with Gasteiger partial charge in [-0.3, -0.25) is 9.10 Å². The Hall–Kier alpha value is -2.34. The third kappa shape index (κ3) is 6.10. The first-order valence-corrected chi connectivity index (χ1v) is 10.9. The molecule has 0 aliphatic heterocycles. The Bertz CT molecular complexity index is 864. The van der Waals surface area contributed by atoms with Crippen molar-refractivity contribution in [2.45, 2.75) is 33.2 Å². The molecule has 2 aromatic rings. The zero-order chi connectivity index (χ0) is 20.0. The van der Waals surface area contributed by atoms with Crippen molar-refractivity contribution in [2.24, 2.45) is 5.92 Å². The number of benzene rings is 2. The van der Waals surface area contributed by atoms with Gasteiger partial charge < -0.3 is 5.32 Å². The van der Waals surface area contributed by atoms with Crippen molar-refractivity contribution in [3.63, 3.8) is 0 Å². The van der Waals surface area contributed by atoms with Gasteiger partial charge in [-0.1, -0.05) is 62.4 Å². The minimum atomic E-state index is -3.59. The molecule has 1 unspecified atom stereocenters. The predicted molar refractivity (Wildman–Crippen MR) is 110 cm³/mol. The predicted octanol–water partition coefficient (Wildman–Crippen LogP) is 3.66. The van der Waals surface area contributed by atoms with Gasteiger partial charge in [-0.05, 0) is 36.5 Å². The Morgan fingerprint density at radius 3 is 2.19 bits per heavy atom.